The van der Waals surface area contributed by atoms with Crippen molar-refractivity contribution in [1.82, 2.24) is 9.80 Å². The lowest BCUT2D eigenvalue weighted by Crippen LogP contribution is -2.45. The highest BCUT2D eigenvalue weighted by Gasteiger charge is 2.29. The van der Waals surface area contributed by atoms with Crippen molar-refractivity contribution < 1.29 is 23.6 Å². The van der Waals surface area contributed by atoms with Gasteiger partial charge < -0.3 is 14.5 Å². The lowest BCUT2D eigenvalue weighted by atomic mass is 10.1. The van der Waals surface area contributed by atoms with Gasteiger partial charge in [0.15, 0.2) is 0 Å². The second-order valence-electron chi connectivity index (χ2n) is 9.15. The number of nitro benzene ring substituents is 1. The molecule has 38 heavy (non-hydrogen) atoms. The minimum atomic E-state index is -0.590. The number of nitrogens with zero attached hydrogens (tertiary/aromatic N) is 3. The van der Waals surface area contributed by atoms with Gasteiger partial charge in [-0.3, -0.25) is 19.7 Å². The number of carbonyl (C=O) groups is 2. The van der Waals surface area contributed by atoms with E-state index in [0.717, 1.165) is 34.9 Å². The van der Waals surface area contributed by atoms with E-state index < -0.39 is 10.8 Å². The Hall–Kier alpha value is -3.34. The molecule has 1 atom stereocenters. The Kier molecular flexibility index (Phi) is 9.09. The third-order valence-electron chi connectivity index (χ3n) is 6.40. The summed E-state index contributed by atoms with van der Waals surface area (Å²) in [5.74, 6) is -1.18. The second kappa shape index (κ2) is 12.5. The van der Waals surface area contributed by atoms with E-state index >= 15 is 0 Å². The molecule has 0 saturated carbocycles. The van der Waals surface area contributed by atoms with Gasteiger partial charge in [-0.1, -0.05) is 23.7 Å². The van der Waals surface area contributed by atoms with Crippen LogP contribution in [0, 0.1) is 22.9 Å². The highest BCUT2D eigenvalue weighted by Crippen LogP contribution is 2.25. The van der Waals surface area contributed by atoms with Gasteiger partial charge >= 0.3 is 0 Å². The zero-order chi connectivity index (χ0) is 27.2. The Balaban J connectivity index is 1.59. The van der Waals surface area contributed by atoms with E-state index in [4.69, 9.17) is 16.3 Å². The van der Waals surface area contributed by atoms with Crippen molar-refractivity contribution in [2.24, 2.45) is 0 Å². The summed E-state index contributed by atoms with van der Waals surface area (Å²) in [6, 6.07) is 11.6. The van der Waals surface area contributed by atoms with Gasteiger partial charge in [0.25, 0.3) is 11.6 Å². The maximum atomic E-state index is 13.7. The molecule has 1 saturated heterocycles. The van der Waals surface area contributed by atoms with Crippen LogP contribution >= 0.6 is 22.9 Å². The maximum Gasteiger partial charge on any atom is 0.270 e. The van der Waals surface area contributed by atoms with E-state index in [1.54, 1.807) is 17.0 Å². The molecule has 2 aromatic carbocycles. The summed E-state index contributed by atoms with van der Waals surface area (Å²) < 4.78 is 19.2. The number of rotatable bonds is 10. The average molecular weight is 560 g/mol. The van der Waals surface area contributed by atoms with Gasteiger partial charge in [-0.05, 0) is 60.5 Å². The first-order valence-electron chi connectivity index (χ1n) is 12.1. The van der Waals surface area contributed by atoms with Crippen LogP contribution in [-0.4, -0.2) is 52.3 Å². The Labute approximate surface area is 228 Å². The Morgan fingerprint density at radius 2 is 1.92 bits per heavy atom. The smallest absolute Gasteiger partial charge is 0.270 e. The molecule has 1 aromatic heterocycles. The fourth-order valence-corrected chi connectivity index (χ4v) is 5.44. The summed E-state index contributed by atoms with van der Waals surface area (Å²) in [4.78, 5) is 41.8. The number of hydrogen-bond acceptors (Lipinski definition) is 6. The molecule has 0 N–H and O–H groups in total. The van der Waals surface area contributed by atoms with Crippen molar-refractivity contribution >= 4 is 40.4 Å². The number of thiophene rings is 1. The summed E-state index contributed by atoms with van der Waals surface area (Å²) in [5.41, 5.74) is 1.65. The molecule has 200 valence electrons. The van der Waals surface area contributed by atoms with Gasteiger partial charge in [-0.25, -0.2) is 4.39 Å². The van der Waals surface area contributed by atoms with Crippen molar-refractivity contribution in [2.75, 3.05) is 19.7 Å². The first kappa shape index (κ1) is 27.7. The lowest BCUT2D eigenvalue weighted by Gasteiger charge is -2.29. The molecular formula is C27H27ClFN3O5S. The molecule has 4 rings (SSSR count). The summed E-state index contributed by atoms with van der Waals surface area (Å²) in [6.45, 7) is 3.05. The van der Waals surface area contributed by atoms with Crippen molar-refractivity contribution in [3.8, 4) is 0 Å². The van der Waals surface area contributed by atoms with Gasteiger partial charge in [-0.15, -0.1) is 11.3 Å². The zero-order valence-corrected chi connectivity index (χ0v) is 22.3. The van der Waals surface area contributed by atoms with Crippen molar-refractivity contribution in [3.05, 3.63) is 96.4 Å². The summed E-state index contributed by atoms with van der Waals surface area (Å²) in [7, 11) is 0. The van der Waals surface area contributed by atoms with E-state index in [1.165, 1.54) is 40.5 Å². The number of halogens is 2. The molecule has 0 radical (unpaired) electrons. The van der Waals surface area contributed by atoms with Crippen LogP contribution in [0.4, 0.5) is 10.1 Å². The van der Waals surface area contributed by atoms with Crippen LogP contribution in [0.1, 0.15) is 39.2 Å². The molecule has 2 amide bonds. The number of nitro groups is 1. The normalized spacial score (nSPS) is 14.9. The lowest BCUT2D eigenvalue weighted by molar-refractivity contribution is -0.384. The largest absolute Gasteiger partial charge is 0.376 e. The fraction of sp³-hybridized carbons (Fsp3) is 0.333. The molecule has 0 aliphatic carbocycles. The van der Waals surface area contributed by atoms with E-state index in [2.05, 4.69) is 0 Å². The minimum Gasteiger partial charge on any atom is -0.376 e. The number of hydrogen-bond donors (Lipinski definition) is 0. The quantitative estimate of drug-likeness (QED) is 0.238. The van der Waals surface area contributed by atoms with Gasteiger partial charge in [0.05, 0.1) is 28.2 Å². The Morgan fingerprint density at radius 1 is 1.16 bits per heavy atom. The van der Waals surface area contributed by atoms with Crippen LogP contribution in [-0.2, 0) is 22.6 Å². The van der Waals surface area contributed by atoms with Crippen molar-refractivity contribution in [1.29, 1.82) is 0 Å². The molecule has 8 nitrogen and oxygen atoms in total. The van der Waals surface area contributed by atoms with Gasteiger partial charge in [-0.2, -0.15) is 0 Å². The number of non-ortho nitro benzene ring substituents is 1. The standard InChI is InChI=1S/C27H27ClFN3O5S/c1-18-10-12-38-25(18)16-30(14-19-4-6-20(29)7-5-19)26(33)17-31(15-22-3-2-11-37-22)27(34)23-9-8-21(32(35)36)13-24(23)28/h4-10,12-13,22H,2-3,11,14-17H2,1H3. The molecular weight excluding hydrogens is 533 g/mol. The predicted octanol–water partition coefficient (Wildman–Crippen LogP) is 5.61. The molecule has 0 spiro atoms. The summed E-state index contributed by atoms with van der Waals surface area (Å²) >= 11 is 7.79. The average Bonchev–Trinajstić information content (AvgIpc) is 3.55. The number of benzene rings is 2. The Morgan fingerprint density at radius 3 is 2.53 bits per heavy atom. The number of carbonyl (C=O) groups excluding carboxylic acids is 2. The predicted molar refractivity (Wildman–Crippen MR) is 143 cm³/mol. The van der Waals surface area contributed by atoms with Crippen LogP contribution in [0.5, 0.6) is 0 Å². The van der Waals surface area contributed by atoms with E-state index in [0.29, 0.717) is 13.2 Å². The van der Waals surface area contributed by atoms with Crippen LogP contribution in [0.2, 0.25) is 5.02 Å². The number of aryl methyl sites for hydroxylation is 1. The minimum absolute atomic E-state index is 0.0635. The summed E-state index contributed by atoms with van der Waals surface area (Å²) in [5, 5.41) is 13.0. The van der Waals surface area contributed by atoms with Gasteiger partial charge in [0.1, 0.15) is 12.4 Å². The van der Waals surface area contributed by atoms with Crippen molar-refractivity contribution in [3.63, 3.8) is 0 Å². The molecule has 3 aromatic rings. The number of amides is 2. The molecule has 1 aliphatic heterocycles. The molecule has 0 bridgehead atoms. The maximum absolute atomic E-state index is 13.7. The van der Waals surface area contributed by atoms with Crippen LogP contribution in [0.3, 0.4) is 0 Å². The highest BCUT2D eigenvalue weighted by molar-refractivity contribution is 7.10. The zero-order valence-electron chi connectivity index (χ0n) is 20.8. The topological polar surface area (TPSA) is 93.0 Å². The molecule has 2 heterocycles. The van der Waals surface area contributed by atoms with Crippen LogP contribution < -0.4 is 0 Å². The van der Waals surface area contributed by atoms with Crippen LogP contribution in [0.15, 0.2) is 53.9 Å². The van der Waals surface area contributed by atoms with E-state index in [9.17, 15) is 24.1 Å². The fourth-order valence-electron chi connectivity index (χ4n) is 4.26. The van der Waals surface area contributed by atoms with Gasteiger partial charge in [0.2, 0.25) is 5.91 Å². The third kappa shape index (κ3) is 6.94. The molecule has 11 heteroatoms. The first-order valence-corrected chi connectivity index (χ1v) is 13.4. The van der Waals surface area contributed by atoms with E-state index in [-0.39, 0.29) is 53.7 Å². The van der Waals surface area contributed by atoms with Gasteiger partial charge in [0, 0.05) is 36.7 Å². The van der Waals surface area contributed by atoms with Crippen molar-refractivity contribution in [2.45, 2.75) is 39.0 Å². The molecule has 1 aliphatic rings. The number of ether oxygens (including phenoxy) is 1. The third-order valence-corrected chi connectivity index (χ3v) is 7.72. The first-order chi connectivity index (χ1) is 18.2. The molecule has 1 unspecified atom stereocenters. The second-order valence-corrected chi connectivity index (χ2v) is 10.6. The Bertz CT molecular complexity index is 1310. The van der Waals surface area contributed by atoms with Crippen LogP contribution in [0.25, 0.3) is 0 Å². The SMILES string of the molecule is Cc1ccsc1CN(Cc1ccc(F)cc1)C(=O)CN(CC1CCCO1)C(=O)c1ccc([N+](=O)[O-])cc1Cl. The summed E-state index contributed by atoms with van der Waals surface area (Å²) in [6.07, 6.45) is 1.38. The molecule has 1 fully saturated rings. The highest BCUT2D eigenvalue weighted by atomic mass is 35.5. The van der Waals surface area contributed by atoms with E-state index in [1.807, 2.05) is 18.4 Å². The monoisotopic (exact) mass is 559 g/mol.